The van der Waals surface area contributed by atoms with Crippen molar-refractivity contribution in [1.82, 2.24) is 0 Å². The Labute approximate surface area is 97.0 Å². The molecule has 94 valence electrons. The van der Waals surface area contributed by atoms with Crippen molar-refractivity contribution in [3.8, 4) is 6.07 Å². The Morgan fingerprint density at radius 1 is 1.18 bits per heavy atom. The summed E-state index contributed by atoms with van der Waals surface area (Å²) in [5, 5.41) is 6.13. The number of hydrogen-bond acceptors (Lipinski definition) is 1. The van der Waals surface area contributed by atoms with Crippen LogP contribution < -0.4 is 0 Å². The summed E-state index contributed by atoms with van der Waals surface area (Å²) in [7, 11) is 0. The molecule has 0 aromatic rings. The SMILES string of the molecule is N#CC1=CC(C(F)(F)F)C(Cl)C(C(F)(F)F)=C1. The van der Waals surface area contributed by atoms with E-state index in [0.29, 0.717) is 12.2 Å². The van der Waals surface area contributed by atoms with Crippen molar-refractivity contribution >= 4 is 11.6 Å². The quantitative estimate of drug-likeness (QED) is 0.488. The molecule has 2 atom stereocenters. The third kappa shape index (κ3) is 2.94. The van der Waals surface area contributed by atoms with Crippen LogP contribution in [-0.2, 0) is 0 Å². The standard InChI is InChI=1S/C9H4ClF6N/c10-7-5(8(11,12)13)1-4(3-17)2-6(7)9(14,15)16/h1-2,5,7H. The minimum atomic E-state index is -4.99. The number of rotatable bonds is 0. The van der Waals surface area contributed by atoms with Gasteiger partial charge in [0, 0.05) is 5.57 Å². The largest absolute Gasteiger partial charge is 0.414 e. The highest BCUT2D eigenvalue weighted by molar-refractivity contribution is 6.23. The van der Waals surface area contributed by atoms with E-state index in [1.165, 1.54) is 6.07 Å². The molecule has 8 heteroatoms. The van der Waals surface area contributed by atoms with E-state index in [1.807, 2.05) is 0 Å². The van der Waals surface area contributed by atoms with Crippen molar-refractivity contribution in [1.29, 1.82) is 5.26 Å². The molecular formula is C9H4ClF6N. The van der Waals surface area contributed by atoms with Crippen LogP contribution in [0.25, 0.3) is 0 Å². The number of alkyl halides is 7. The van der Waals surface area contributed by atoms with E-state index in [1.54, 1.807) is 0 Å². The molecule has 1 aliphatic carbocycles. The van der Waals surface area contributed by atoms with Crippen molar-refractivity contribution in [3.05, 3.63) is 23.3 Å². The van der Waals surface area contributed by atoms with Crippen molar-refractivity contribution < 1.29 is 26.3 Å². The zero-order valence-electron chi connectivity index (χ0n) is 7.90. The van der Waals surface area contributed by atoms with Gasteiger partial charge in [0.25, 0.3) is 0 Å². The van der Waals surface area contributed by atoms with E-state index in [0.717, 1.165) is 0 Å². The lowest BCUT2D eigenvalue weighted by molar-refractivity contribution is -0.164. The molecule has 0 fully saturated rings. The summed E-state index contributed by atoms with van der Waals surface area (Å²) >= 11 is 5.18. The number of nitriles is 1. The second-order valence-electron chi connectivity index (χ2n) is 3.30. The molecule has 0 bridgehead atoms. The molecule has 0 aliphatic heterocycles. The van der Waals surface area contributed by atoms with Crippen LogP contribution in [0.4, 0.5) is 26.3 Å². The van der Waals surface area contributed by atoms with Gasteiger partial charge in [-0.25, -0.2) is 0 Å². The van der Waals surface area contributed by atoms with Gasteiger partial charge in [-0.15, -0.1) is 11.6 Å². The number of halogens is 7. The Morgan fingerprint density at radius 3 is 2.06 bits per heavy atom. The van der Waals surface area contributed by atoms with Crippen molar-refractivity contribution in [2.45, 2.75) is 17.7 Å². The third-order valence-corrected chi connectivity index (χ3v) is 2.62. The fraction of sp³-hybridized carbons (Fsp3) is 0.444. The summed E-state index contributed by atoms with van der Waals surface area (Å²) in [6.07, 6.45) is -9.20. The maximum atomic E-state index is 12.4. The van der Waals surface area contributed by atoms with Gasteiger partial charge in [-0.05, 0) is 6.08 Å². The Kier molecular flexibility index (Phi) is 3.48. The minimum absolute atomic E-state index is 0.333. The van der Waals surface area contributed by atoms with Gasteiger partial charge in [-0.3, -0.25) is 0 Å². The van der Waals surface area contributed by atoms with Crippen molar-refractivity contribution in [3.63, 3.8) is 0 Å². The van der Waals surface area contributed by atoms with Gasteiger partial charge in [0.15, 0.2) is 0 Å². The molecule has 0 aromatic heterocycles. The Balaban J connectivity index is 3.25. The van der Waals surface area contributed by atoms with E-state index in [9.17, 15) is 26.3 Å². The molecular weight excluding hydrogens is 272 g/mol. The minimum Gasteiger partial charge on any atom is -0.192 e. The number of nitrogens with zero attached hydrogens (tertiary/aromatic N) is 1. The summed E-state index contributed by atoms with van der Waals surface area (Å²) in [5.41, 5.74) is -2.25. The van der Waals surface area contributed by atoms with Gasteiger partial charge < -0.3 is 0 Å². The predicted octanol–water partition coefficient (Wildman–Crippen LogP) is 3.72. The summed E-state index contributed by atoms with van der Waals surface area (Å²) < 4.78 is 74.5. The number of allylic oxidation sites excluding steroid dienone is 4. The van der Waals surface area contributed by atoms with Gasteiger partial charge in [-0.2, -0.15) is 31.6 Å². The average Bonchev–Trinajstić information content (AvgIpc) is 2.14. The first-order valence-corrected chi connectivity index (χ1v) is 4.62. The second-order valence-corrected chi connectivity index (χ2v) is 3.77. The fourth-order valence-electron chi connectivity index (χ4n) is 1.33. The molecule has 0 spiro atoms. The van der Waals surface area contributed by atoms with Gasteiger partial charge in [0.2, 0.25) is 0 Å². The zero-order chi connectivity index (χ0) is 13.4. The topological polar surface area (TPSA) is 23.8 Å². The number of hydrogen-bond donors (Lipinski definition) is 0. The molecule has 1 nitrogen and oxygen atoms in total. The van der Waals surface area contributed by atoms with Crippen LogP contribution in [0.2, 0.25) is 0 Å². The average molecular weight is 276 g/mol. The molecule has 1 rings (SSSR count). The molecule has 2 unspecified atom stereocenters. The maximum absolute atomic E-state index is 12.4. The Morgan fingerprint density at radius 2 is 1.71 bits per heavy atom. The summed E-state index contributed by atoms with van der Waals surface area (Å²) in [5.74, 6) is -2.51. The molecule has 0 heterocycles. The van der Waals surface area contributed by atoms with Crippen LogP contribution in [0.15, 0.2) is 23.3 Å². The van der Waals surface area contributed by atoms with Gasteiger partial charge in [0.1, 0.15) is 0 Å². The van der Waals surface area contributed by atoms with Gasteiger partial charge in [0.05, 0.1) is 22.9 Å². The molecule has 0 saturated carbocycles. The lowest BCUT2D eigenvalue weighted by atomic mass is 9.89. The van der Waals surface area contributed by atoms with Gasteiger partial charge in [-0.1, -0.05) is 6.08 Å². The molecule has 0 aromatic carbocycles. The van der Waals surface area contributed by atoms with Crippen LogP contribution in [0.5, 0.6) is 0 Å². The smallest absolute Gasteiger partial charge is 0.192 e. The Hall–Kier alpha value is -1.16. The zero-order valence-corrected chi connectivity index (χ0v) is 8.66. The van der Waals surface area contributed by atoms with E-state index >= 15 is 0 Å². The van der Waals surface area contributed by atoms with Crippen LogP contribution in [0, 0.1) is 17.2 Å². The first-order valence-electron chi connectivity index (χ1n) is 4.19. The summed E-state index contributed by atoms with van der Waals surface area (Å²) in [6.45, 7) is 0. The lowest BCUT2D eigenvalue weighted by Gasteiger charge is -2.28. The van der Waals surface area contributed by atoms with Crippen molar-refractivity contribution in [2.24, 2.45) is 5.92 Å². The van der Waals surface area contributed by atoms with Gasteiger partial charge >= 0.3 is 12.4 Å². The fourth-order valence-corrected chi connectivity index (χ4v) is 1.74. The summed E-state index contributed by atoms with van der Waals surface area (Å²) in [6, 6.07) is 1.25. The van der Waals surface area contributed by atoms with E-state index in [4.69, 9.17) is 16.9 Å². The molecule has 17 heavy (non-hydrogen) atoms. The van der Waals surface area contributed by atoms with E-state index in [2.05, 4.69) is 0 Å². The molecule has 1 aliphatic rings. The highest BCUT2D eigenvalue weighted by atomic mass is 35.5. The van der Waals surface area contributed by atoms with Crippen LogP contribution in [0.1, 0.15) is 0 Å². The predicted molar refractivity (Wildman–Crippen MR) is 47.0 cm³/mol. The molecule has 0 N–H and O–H groups in total. The Bertz CT molecular complexity index is 411. The normalized spacial score (nSPS) is 26.0. The highest BCUT2D eigenvalue weighted by Crippen LogP contribution is 2.44. The molecule has 0 radical (unpaired) electrons. The monoisotopic (exact) mass is 275 g/mol. The third-order valence-electron chi connectivity index (χ3n) is 2.12. The first-order chi connectivity index (χ1) is 7.57. The molecule has 0 amide bonds. The lowest BCUT2D eigenvalue weighted by Crippen LogP contribution is -2.36. The van der Waals surface area contributed by atoms with Crippen LogP contribution >= 0.6 is 11.6 Å². The molecule has 0 saturated heterocycles. The highest BCUT2D eigenvalue weighted by Gasteiger charge is 2.51. The van der Waals surface area contributed by atoms with Crippen molar-refractivity contribution in [2.75, 3.05) is 0 Å². The maximum Gasteiger partial charge on any atom is 0.414 e. The second kappa shape index (κ2) is 4.26. The van der Waals surface area contributed by atoms with Crippen LogP contribution in [0.3, 0.4) is 0 Å². The van der Waals surface area contributed by atoms with E-state index in [-0.39, 0.29) is 0 Å². The first kappa shape index (κ1) is 13.9. The summed E-state index contributed by atoms with van der Waals surface area (Å²) in [4.78, 5) is 0. The van der Waals surface area contributed by atoms with Crippen LogP contribution in [-0.4, -0.2) is 17.7 Å². The van der Waals surface area contributed by atoms with E-state index < -0.39 is 34.8 Å².